The Morgan fingerprint density at radius 1 is 1.29 bits per heavy atom. The highest BCUT2D eigenvalue weighted by Crippen LogP contribution is 2.20. The lowest BCUT2D eigenvalue weighted by atomic mass is 10.0. The van der Waals surface area contributed by atoms with Crippen LogP contribution in [-0.4, -0.2) is 48.3 Å². The largest absolute Gasteiger partial charge is 0.405 e. The van der Waals surface area contributed by atoms with Crippen LogP contribution >= 0.6 is 0 Å². The maximum atomic E-state index is 14.0. The van der Waals surface area contributed by atoms with Gasteiger partial charge in [0, 0.05) is 18.2 Å². The van der Waals surface area contributed by atoms with Crippen molar-refractivity contribution in [3.8, 4) is 0 Å². The Bertz CT molecular complexity index is 1100. The molecule has 1 fully saturated rings. The molecule has 0 bridgehead atoms. The summed E-state index contributed by atoms with van der Waals surface area (Å²) in [6.45, 7) is 5.06. The quantitative estimate of drug-likeness (QED) is 0.561. The predicted molar refractivity (Wildman–Crippen MR) is 118 cm³/mol. The van der Waals surface area contributed by atoms with Crippen molar-refractivity contribution in [3.63, 3.8) is 0 Å². The van der Waals surface area contributed by atoms with Gasteiger partial charge < -0.3 is 5.73 Å². The summed E-state index contributed by atoms with van der Waals surface area (Å²) in [7, 11) is 0. The zero-order valence-corrected chi connectivity index (χ0v) is 17.7. The van der Waals surface area contributed by atoms with Crippen molar-refractivity contribution in [1.82, 2.24) is 29.5 Å². The summed E-state index contributed by atoms with van der Waals surface area (Å²) in [4.78, 5) is 20.2. The standard InChI is InChI=1S/C22H27FN8/c1-2-6-17-19(13-16(8-9-24)27-21-18(23)7-5-10-25-21)26-15-31-22(17)28-20(29-31)14-30-11-3-4-12-30/h5,7-10,15H,2-4,6,11-14,24H2,1H3. The van der Waals surface area contributed by atoms with Gasteiger partial charge >= 0.3 is 0 Å². The fourth-order valence-corrected chi connectivity index (χ4v) is 3.87. The molecule has 1 saturated heterocycles. The number of fused-ring (bicyclic) bond motifs is 1. The van der Waals surface area contributed by atoms with Crippen molar-refractivity contribution >= 4 is 17.2 Å². The zero-order valence-electron chi connectivity index (χ0n) is 17.7. The number of aryl methyl sites for hydroxylation is 1. The monoisotopic (exact) mass is 422 g/mol. The SMILES string of the molecule is CCCc1c(CC(C=CN)=Nc2ncccc2F)ncn2nc(CN3CCCC3)nc12. The van der Waals surface area contributed by atoms with E-state index >= 15 is 0 Å². The first-order chi connectivity index (χ1) is 15.2. The summed E-state index contributed by atoms with van der Waals surface area (Å²) in [5.74, 6) is 0.361. The van der Waals surface area contributed by atoms with E-state index in [2.05, 4.69) is 31.9 Å². The number of hydrogen-bond donors (Lipinski definition) is 1. The van der Waals surface area contributed by atoms with E-state index in [0.29, 0.717) is 12.1 Å². The van der Waals surface area contributed by atoms with Crippen molar-refractivity contribution < 1.29 is 4.39 Å². The molecule has 3 aromatic rings. The Morgan fingerprint density at radius 2 is 2.13 bits per heavy atom. The molecule has 4 rings (SSSR count). The molecule has 162 valence electrons. The van der Waals surface area contributed by atoms with Crippen molar-refractivity contribution in [2.24, 2.45) is 10.7 Å². The third-order valence-corrected chi connectivity index (χ3v) is 5.31. The third-order valence-electron chi connectivity index (χ3n) is 5.31. The van der Waals surface area contributed by atoms with Gasteiger partial charge in [-0.1, -0.05) is 13.3 Å². The van der Waals surface area contributed by atoms with Crippen LogP contribution in [0.3, 0.4) is 0 Å². The van der Waals surface area contributed by atoms with Crippen molar-refractivity contribution in [2.75, 3.05) is 13.1 Å². The van der Waals surface area contributed by atoms with Crippen molar-refractivity contribution in [1.29, 1.82) is 0 Å². The minimum absolute atomic E-state index is 0.0316. The Hall–Kier alpha value is -3.20. The van der Waals surface area contributed by atoms with E-state index in [4.69, 9.17) is 10.7 Å². The fraction of sp³-hybridized carbons (Fsp3) is 0.409. The van der Waals surface area contributed by atoms with E-state index in [1.807, 2.05) is 0 Å². The second-order valence-corrected chi connectivity index (χ2v) is 7.65. The Kier molecular flexibility index (Phi) is 6.61. The molecule has 0 unspecified atom stereocenters. The highest BCUT2D eigenvalue weighted by Gasteiger charge is 2.18. The van der Waals surface area contributed by atoms with Crippen LogP contribution in [0.5, 0.6) is 0 Å². The molecule has 1 aliphatic rings. The first-order valence-electron chi connectivity index (χ1n) is 10.7. The number of aliphatic imine (C=N–C) groups is 1. The molecule has 8 nitrogen and oxygen atoms in total. The van der Waals surface area contributed by atoms with E-state index in [9.17, 15) is 4.39 Å². The lowest BCUT2D eigenvalue weighted by Crippen LogP contribution is -2.19. The number of halogens is 1. The molecule has 0 aliphatic carbocycles. The second kappa shape index (κ2) is 9.74. The van der Waals surface area contributed by atoms with E-state index in [0.717, 1.165) is 55.2 Å². The number of likely N-dealkylation sites (tertiary alicyclic amines) is 1. The summed E-state index contributed by atoms with van der Waals surface area (Å²) in [5, 5.41) is 4.63. The molecular weight excluding hydrogens is 395 g/mol. The molecule has 0 radical (unpaired) electrons. The number of allylic oxidation sites excluding steroid dienone is 1. The van der Waals surface area contributed by atoms with Crippen LogP contribution in [0.2, 0.25) is 0 Å². The van der Waals surface area contributed by atoms with Gasteiger partial charge in [-0.05, 0) is 56.8 Å². The van der Waals surface area contributed by atoms with Gasteiger partial charge in [-0.15, -0.1) is 5.10 Å². The van der Waals surface area contributed by atoms with Crippen molar-refractivity contribution in [2.45, 2.75) is 45.6 Å². The number of nitrogens with zero attached hydrogens (tertiary/aromatic N) is 7. The molecule has 0 amide bonds. The minimum Gasteiger partial charge on any atom is -0.405 e. The van der Waals surface area contributed by atoms with Crippen molar-refractivity contribution in [3.05, 3.63) is 59.8 Å². The number of rotatable bonds is 8. The molecule has 0 aromatic carbocycles. The summed E-state index contributed by atoms with van der Waals surface area (Å²) >= 11 is 0. The average molecular weight is 423 g/mol. The number of aromatic nitrogens is 5. The van der Waals surface area contributed by atoms with Gasteiger partial charge in [0.05, 0.1) is 18.0 Å². The van der Waals surface area contributed by atoms with Crippen LogP contribution in [0.4, 0.5) is 10.2 Å². The van der Waals surface area contributed by atoms with Gasteiger partial charge in [0.15, 0.2) is 23.1 Å². The normalized spacial score (nSPS) is 15.5. The third kappa shape index (κ3) is 4.93. The Morgan fingerprint density at radius 3 is 2.87 bits per heavy atom. The first-order valence-corrected chi connectivity index (χ1v) is 10.7. The van der Waals surface area contributed by atoms with Crippen LogP contribution in [0.25, 0.3) is 5.65 Å². The van der Waals surface area contributed by atoms with Gasteiger partial charge in [0.2, 0.25) is 0 Å². The second-order valence-electron chi connectivity index (χ2n) is 7.65. The summed E-state index contributed by atoms with van der Waals surface area (Å²) in [5.41, 5.74) is 8.88. The van der Waals surface area contributed by atoms with Crippen LogP contribution in [-0.2, 0) is 19.4 Å². The van der Waals surface area contributed by atoms with Crippen LogP contribution in [0.15, 0.2) is 41.9 Å². The van der Waals surface area contributed by atoms with E-state index in [1.165, 1.54) is 37.4 Å². The van der Waals surface area contributed by atoms with Gasteiger partial charge in [-0.3, -0.25) is 4.90 Å². The molecule has 9 heteroatoms. The molecule has 2 N–H and O–H groups in total. The van der Waals surface area contributed by atoms with Crippen LogP contribution in [0, 0.1) is 5.82 Å². The highest BCUT2D eigenvalue weighted by atomic mass is 19.1. The summed E-state index contributed by atoms with van der Waals surface area (Å²) in [6.07, 6.45) is 10.8. The molecule has 4 heterocycles. The number of hydrogen-bond acceptors (Lipinski definition) is 7. The van der Waals surface area contributed by atoms with Crippen LogP contribution < -0.4 is 5.73 Å². The maximum Gasteiger partial charge on any atom is 0.188 e. The summed E-state index contributed by atoms with van der Waals surface area (Å²) in [6, 6.07) is 2.87. The van der Waals surface area contributed by atoms with E-state index in [1.54, 1.807) is 16.9 Å². The van der Waals surface area contributed by atoms with Gasteiger partial charge in [0.1, 0.15) is 6.33 Å². The van der Waals surface area contributed by atoms with E-state index < -0.39 is 5.82 Å². The molecular formula is C22H27FN8. The zero-order chi connectivity index (χ0) is 21.6. The van der Waals surface area contributed by atoms with Gasteiger partial charge in [-0.2, -0.15) is 0 Å². The molecule has 0 atom stereocenters. The molecule has 0 spiro atoms. The average Bonchev–Trinajstić information content (AvgIpc) is 3.41. The first kappa shape index (κ1) is 21.0. The van der Waals surface area contributed by atoms with Gasteiger partial charge in [0.25, 0.3) is 0 Å². The fourth-order valence-electron chi connectivity index (χ4n) is 3.87. The molecule has 3 aromatic heterocycles. The smallest absolute Gasteiger partial charge is 0.188 e. The number of pyridine rings is 1. The topological polar surface area (TPSA) is 97.6 Å². The summed E-state index contributed by atoms with van der Waals surface area (Å²) < 4.78 is 15.8. The van der Waals surface area contributed by atoms with E-state index in [-0.39, 0.29) is 5.82 Å². The predicted octanol–water partition coefficient (Wildman–Crippen LogP) is 2.99. The molecule has 1 aliphatic heterocycles. The lowest BCUT2D eigenvalue weighted by Gasteiger charge is -2.10. The molecule has 31 heavy (non-hydrogen) atoms. The Labute approximate surface area is 180 Å². The molecule has 0 saturated carbocycles. The minimum atomic E-state index is -0.480. The van der Waals surface area contributed by atoms with Gasteiger partial charge in [-0.25, -0.2) is 28.9 Å². The van der Waals surface area contributed by atoms with Crippen LogP contribution in [0.1, 0.15) is 43.3 Å². The lowest BCUT2D eigenvalue weighted by molar-refractivity contribution is 0.322. The number of nitrogens with two attached hydrogens (primary N) is 1. The maximum absolute atomic E-state index is 14.0. The Balaban J connectivity index is 1.68. The highest BCUT2D eigenvalue weighted by molar-refractivity contribution is 5.98.